The largest absolute Gasteiger partial charge is 0.415 e. The van der Waals surface area contributed by atoms with Crippen LogP contribution in [0, 0.1) is 18.3 Å². The Kier molecular flexibility index (Phi) is 5.34. The molecule has 1 aliphatic heterocycles. The topological polar surface area (TPSA) is 126 Å². The van der Waals surface area contributed by atoms with Crippen molar-refractivity contribution in [2.75, 3.05) is 13.1 Å². The monoisotopic (exact) mass is 454 g/mol. The normalized spacial score (nSPS) is 13.3. The molecule has 4 heterocycles. The van der Waals surface area contributed by atoms with Gasteiger partial charge in [-0.2, -0.15) is 5.26 Å². The number of nitrogens with zero attached hydrogens (tertiary/aromatic N) is 7. The zero-order chi connectivity index (χ0) is 23.7. The number of benzene rings is 1. The Morgan fingerprint density at radius 1 is 1.03 bits per heavy atom. The van der Waals surface area contributed by atoms with Crippen LogP contribution in [0.1, 0.15) is 33.7 Å². The summed E-state index contributed by atoms with van der Waals surface area (Å²) in [5.41, 5.74) is 4.40. The van der Waals surface area contributed by atoms with E-state index in [-0.39, 0.29) is 2.85 Å². The minimum atomic E-state index is -0.714. The van der Waals surface area contributed by atoms with Crippen molar-refractivity contribution in [3.63, 3.8) is 0 Å². The molecule has 3 aromatic heterocycles. The lowest BCUT2D eigenvalue weighted by Crippen LogP contribution is -2.19. The molecule has 0 aliphatic carbocycles. The number of aromatic nitrogens is 5. The van der Waals surface area contributed by atoms with Gasteiger partial charge in [-0.15, -0.1) is 10.2 Å². The van der Waals surface area contributed by atoms with E-state index >= 15 is 0 Å². The average molecular weight is 455 g/mol. The predicted molar refractivity (Wildman–Crippen MR) is 131 cm³/mol. The second kappa shape index (κ2) is 8.48. The van der Waals surface area contributed by atoms with Crippen molar-refractivity contribution in [1.29, 1.82) is 5.26 Å². The molecule has 4 aromatic rings. The third-order valence-electron chi connectivity index (χ3n) is 5.64. The van der Waals surface area contributed by atoms with E-state index in [4.69, 9.17) is 9.40 Å². The van der Waals surface area contributed by atoms with Crippen molar-refractivity contribution in [3.05, 3.63) is 65.7 Å². The van der Waals surface area contributed by atoms with Crippen molar-refractivity contribution >= 4 is 5.84 Å². The number of hydrogen-bond acceptors (Lipinski definition) is 9. The second-order valence-corrected chi connectivity index (χ2v) is 8.50. The van der Waals surface area contributed by atoms with E-state index in [9.17, 15) is 5.26 Å². The van der Waals surface area contributed by atoms with Crippen LogP contribution in [-0.2, 0) is 5.41 Å². The van der Waals surface area contributed by atoms with Gasteiger partial charge in [-0.05, 0) is 45.0 Å². The van der Waals surface area contributed by atoms with Crippen LogP contribution in [0.3, 0.4) is 0 Å². The Labute approximate surface area is 199 Å². The first-order chi connectivity index (χ1) is 16.4. The first-order valence-electron chi connectivity index (χ1n) is 10.9. The van der Waals surface area contributed by atoms with Crippen LogP contribution in [0.4, 0.5) is 0 Å². The van der Waals surface area contributed by atoms with Crippen molar-refractivity contribution in [3.8, 4) is 40.4 Å². The molecule has 0 unspecified atom stereocenters. The van der Waals surface area contributed by atoms with E-state index in [2.05, 4.69) is 36.5 Å². The maximum Gasteiger partial charge on any atom is 0.268 e. The van der Waals surface area contributed by atoms with Crippen LogP contribution in [0.15, 0.2) is 58.2 Å². The van der Waals surface area contributed by atoms with Gasteiger partial charge in [0.25, 0.3) is 5.89 Å². The molecule has 5 rings (SSSR count). The van der Waals surface area contributed by atoms with Crippen LogP contribution >= 0.6 is 0 Å². The lowest BCUT2D eigenvalue weighted by molar-refractivity contribution is 0.581. The predicted octanol–water partition coefficient (Wildman–Crippen LogP) is 4.21. The zero-order valence-electron chi connectivity index (χ0n) is 19.1. The van der Waals surface area contributed by atoms with Gasteiger partial charge in [0.15, 0.2) is 0 Å². The average Bonchev–Trinajstić information content (AvgIpc) is 3.57. The third-order valence-corrected chi connectivity index (χ3v) is 5.64. The van der Waals surface area contributed by atoms with E-state index in [1.807, 2.05) is 57.2 Å². The highest BCUT2D eigenvalue weighted by Gasteiger charge is 2.22. The number of hydrogen-bond donors (Lipinski definition) is 1. The highest BCUT2D eigenvalue weighted by molar-refractivity contribution is 6.00. The highest BCUT2D eigenvalue weighted by atomic mass is 16.4. The summed E-state index contributed by atoms with van der Waals surface area (Å²) in [5, 5.41) is 21.1. The number of nitriles is 1. The molecule has 172 valence electrons. The molecule has 9 nitrogen and oxygen atoms in total. The highest BCUT2D eigenvalue weighted by Crippen LogP contribution is 2.28. The summed E-state index contributed by atoms with van der Waals surface area (Å²) in [6.07, 6.45) is 3.36. The number of aliphatic imine (C=N–C) groups is 1. The summed E-state index contributed by atoms with van der Waals surface area (Å²) in [6, 6.07) is 13.8. The van der Waals surface area contributed by atoms with Gasteiger partial charge >= 0.3 is 0 Å². The Balaban J connectivity index is 0.00000180. The lowest BCUT2D eigenvalue weighted by atomic mass is 9.90. The molecule has 34 heavy (non-hydrogen) atoms. The molecule has 0 radical (unpaired) electrons. The van der Waals surface area contributed by atoms with Gasteiger partial charge < -0.3 is 9.73 Å². The molecule has 0 atom stereocenters. The first kappa shape index (κ1) is 21.4. The summed E-state index contributed by atoms with van der Waals surface area (Å²) < 4.78 is 5.96. The third kappa shape index (κ3) is 4.01. The quantitative estimate of drug-likeness (QED) is 0.475. The van der Waals surface area contributed by atoms with Crippen LogP contribution in [-0.4, -0.2) is 44.1 Å². The number of amidine groups is 1. The van der Waals surface area contributed by atoms with Crippen molar-refractivity contribution < 1.29 is 7.27 Å². The molecule has 1 aliphatic rings. The van der Waals surface area contributed by atoms with Crippen molar-refractivity contribution in [1.82, 2.24) is 30.5 Å². The van der Waals surface area contributed by atoms with E-state index in [0.717, 1.165) is 35.6 Å². The summed E-state index contributed by atoms with van der Waals surface area (Å²) in [4.78, 5) is 18.0. The molecule has 0 saturated carbocycles. The second-order valence-electron chi connectivity index (χ2n) is 8.50. The maximum atomic E-state index is 9.45. The summed E-state index contributed by atoms with van der Waals surface area (Å²) in [7, 11) is 0. The molecular weight excluding hydrogens is 428 g/mol. The van der Waals surface area contributed by atoms with Gasteiger partial charge in [0, 0.05) is 32.3 Å². The number of pyridine rings is 1. The lowest BCUT2D eigenvalue weighted by Gasteiger charge is -2.15. The fourth-order valence-corrected chi connectivity index (χ4v) is 3.58. The zero-order valence-corrected chi connectivity index (χ0v) is 19.1. The molecule has 9 heteroatoms. The molecule has 0 fully saturated rings. The molecule has 1 aromatic carbocycles. The first-order valence-corrected chi connectivity index (χ1v) is 10.9. The SMILES string of the molecule is Cc1ncc(-c2ccnc(C(C)(C)C#N)c2)nc1-c1nnc(-c2ccc(C3=NCCN3)cc2)o1.[HH].[HH]. The fourth-order valence-electron chi connectivity index (χ4n) is 3.58. The van der Waals surface area contributed by atoms with Gasteiger partial charge in [-0.1, -0.05) is 12.1 Å². The van der Waals surface area contributed by atoms with Gasteiger partial charge in [0.1, 0.15) is 11.5 Å². The summed E-state index contributed by atoms with van der Waals surface area (Å²) >= 11 is 0. The van der Waals surface area contributed by atoms with Crippen molar-refractivity contribution in [2.45, 2.75) is 26.2 Å². The van der Waals surface area contributed by atoms with Crippen LogP contribution in [0.25, 0.3) is 34.3 Å². The van der Waals surface area contributed by atoms with Crippen LogP contribution < -0.4 is 5.32 Å². The van der Waals surface area contributed by atoms with E-state index in [0.29, 0.717) is 34.6 Å². The van der Waals surface area contributed by atoms with E-state index in [1.165, 1.54) is 0 Å². The van der Waals surface area contributed by atoms with Crippen LogP contribution in [0.5, 0.6) is 0 Å². The van der Waals surface area contributed by atoms with E-state index < -0.39 is 5.41 Å². The molecule has 0 spiro atoms. The van der Waals surface area contributed by atoms with Gasteiger partial charge in [0.2, 0.25) is 5.89 Å². The molecule has 1 N–H and O–H groups in total. The molecule has 0 bridgehead atoms. The molecule has 0 saturated heterocycles. The van der Waals surface area contributed by atoms with Crippen molar-refractivity contribution in [2.24, 2.45) is 4.99 Å². The van der Waals surface area contributed by atoms with Gasteiger partial charge in [-0.3, -0.25) is 15.0 Å². The van der Waals surface area contributed by atoms with E-state index in [1.54, 1.807) is 12.4 Å². The fraction of sp³-hybridized carbons (Fsp3) is 0.240. The minimum absolute atomic E-state index is 0. The minimum Gasteiger partial charge on any atom is -0.415 e. The standard InChI is InChI=1S/C25H22N8O.2H2/c1-15-21(31-19(13-30-15)18-8-9-27-20(12-18)25(2,3)14-26)24-33-32-23(34-24)17-6-4-16(5-7-17)22-28-10-11-29-22;;/h4-9,12-13H,10-11H2,1-3H3,(H,28,29);2*1H. The maximum absolute atomic E-state index is 9.45. The number of rotatable bonds is 5. The molecular formula is C25H26N8O. The van der Waals surface area contributed by atoms with Gasteiger partial charge in [-0.25, -0.2) is 4.98 Å². The Morgan fingerprint density at radius 3 is 2.53 bits per heavy atom. The smallest absolute Gasteiger partial charge is 0.268 e. The Morgan fingerprint density at radius 2 is 1.79 bits per heavy atom. The van der Waals surface area contributed by atoms with Crippen LogP contribution in [0.2, 0.25) is 0 Å². The Bertz CT molecular complexity index is 1440. The number of nitrogens with one attached hydrogen (secondary N) is 1. The molecule has 0 amide bonds. The van der Waals surface area contributed by atoms with Gasteiger partial charge in [0.05, 0.1) is 41.3 Å². The summed E-state index contributed by atoms with van der Waals surface area (Å²) in [5.74, 6) is 1.59. The number of aryl methyl sites for hydroxylation is 1. The Hall–Kier alpha value is -4.45. The summed E-state index contributed by atoms with van der Waals surface area (Å²) in [6.45, 7) is 7.16.